The number of rotatable bonds is 4. The summed E-state index contributed by atoms with van der Waals surface area (Å²) in [5, 5.41) is 10.4. The normalized spacial score (nSPS) is 10.5. The number of amides is 1. The second-order valence-electron chi connectivity index (χ2n) is 5.33. The molecule has 0 saturated heterocycles. The van der Waals surface area contributed by atoms with Crippen LogP contribution in [0.15, 0.2) is 48.5 Å². The molecule has 24 heavy (non-hydrogen) atoms. The minimum absolute atomic E-state index is 0.286. The van der Waals surface area contributed by atoms with Crippen molar-refractivity contribution in [2.75, 3.05) is 12.4 Å². The lowest BCUT2D eigenvalue weighted by molar-refractivity contribution is 0.102. The first-order chi connectivity index (χ1) is 11.6. The number of aromatic nitrogens is 2. The number of nitrogens with one attached hydrogen (secondary N) is 2. The maximum atomic E-state index is 12.4. The third kappa shape index (κ3) is 3.41. The first-order valence-corrected chi connectivity index (χ1v) is 7.72. The topological polar surface area (TPSA) is 67.0 Å². The van der Waals surface area contributed by atoms with Crippen molar-refractivity contribution in [3.8, 4) is 17.0 Å². The molecule has 5 nitrogen and oxygen atoms in total. The van der Waals surface area contributed by atoms with Crippen molar-refractivity contribution < 1.29 is 9.53 Å². The maximum Gasteiger partial charge on any atom is 0.273 e. The average molecular weight is 342 g/mol. The summed E-state index contributed by atoms with van der Waals surface area (Å²) in [5.74, 6) is 0.318. The number of H-pyrrole nitrogens is 1. The number of carbonyl (C=O) groups excluding carboxylic acids is 1. The number of benzene rings is 2. The fourth-order valence-electron chi connectivity index (χ4n) is 2.32. The Bertz CT molecular complexity index is 872. The number of methoxy groups -OCH3 is 1. The summed E-state index contributed by atoms with van der Waals surface area (Å²) in [4.78, 5) is 12.4. The molecule has 0 fully saturated rings. The van der Waals surface area contributed by atoms with E-state index in [-0.39, 0.29) is 5.91 Å². The molecule has 0 spiro atoms. The molecule has 122 valence electrons. The van der Waals surface area contributed by atoms with E-state index in [1.807, 2.05) is 37.3 Å². The minimum Gasteiger partial charge on any atom is -0.495 e. The fourth-order valence-corrected chi connectivity index (χ4v) is 2.44. The number of aromatic amines is 1. The lowest BCUT2D eigenvalue weighted by Crippen LogP contribution is -2.13. The van der Waals surface area contributed by atoms with Crippen molar-refractivity contribution in [1.82, 2.24) is 10.2 Å². The zero-order valence-electron chi connectivity index (χ0n) is 13.3. The Kier molecular flexibility index (Phi) is 4.53. The monoisotopic (exact) mass is 341 g/mol. The zero-order valence-corrected chi connectivity index (χ0v) is 14.0. The molecule has 6 heteroatoms. The van der Waals surface area contributed by atoms with E-state index in [2.05, 4.69) is 15.5 Å². The molecule has 2 N–H and O–H groups in total. The summed E-state index contributed by atoms with van der Waals surface area (Å²) >= 11 is 5.88. The van der Waals surface area contributed by atoms with Crippen molar-refractivity contribution in [3.05, 3.63) is 64.8 Å². The number of ether oxygens (including phenoxy) is 1. The number of hydrogen-bond acceptors (Lipinski definition) is 3. The average Bonchev–Trinajstić information content (AvgIpc) is 3.06. The summed E-state index contributed by atoms with van der Waals surface area (Å²) < 4.78 is 5.27. The predicted molar refractivity (Wildman–Crippen MR) is 94.7 cm³/mol. The summed E-state index contributed by atoms with van der Waals surface area (Å²) in [6.07, 6.45) is 0. The number of anilines is 1. The SMILES string of the molecule is COc1ccc(C)cc1NC(=O)c1cc(-c2ccc(Cl)cc2)n[nH]1. The van der Waals surface area contributed by atoms with Crippen molar-refractivity contribution in [3.63, 3.8) is 0 Å². The minimum atomic E-state index is -0.286. The second-order valence-corrected chi connectivity index (χ2v) is 5.77. The maximum absolute atomic E-state index is 12.4. The summed E-state index contributed by atoms with van der Waals surface area (Å²) in [6, 6.07) is 14.5. The molecule has 0 radical (unpaired) electrons. The van der Waals surface area contributed by atoms with E-state index >= 15 is 0 Å². The van der Waals surface area contributed by atoms with Crippen LogP contribution in [-0.4, -0.2) is 23.2 Å². The van der Waals surface area contributed by atoms with Crippen LogP contribution in [0.3, 0.4) is 0 Å². The van der Waals surface area contributed by atoms with Gasteiger partial charge in [-0.2, -0.15) is 5.10 Å². The van der Waals surface area contributed by atoms with Crippen LogP contribution in [-0.2, 0) is 0 Å². The molecule has 0 aliphatic rings. The van der Waals surface area contributed by atoms with E-state index in [4.69, 9.17) is 16.3 Å². The molecule has 0 aliphatic carbocycles. The van der Waals surface area contributed by atoms with Gasteiger partial charge in [0.2, 0.25) is 0 Å². The first-order valence-electron chi connectivity index (χ1n) is 7.34. The molecule has 3 aromatic rings. The zero-order chi connectivity index (χ0) is 17.1. The highest BCUT2D eigenvalue weighted by Gasteiger charge is 2.13. The van der Waals surface area contributed by atoms with Crippen molar-refractivity contribution >= 4 is 23.2 Å². The van der Waals surface area contributed by atoms with Gasteiger partial charge in [-0.25, -0.2) is 0 Å². The lowest BCUT2D eigenvalue weighted by Gasteiger charge is -2.10. The Morgan fingerprint density at radius 2 is 1.92 bits per heavy atom. The third-order valence-corrected chi connectivity index (χ3v) is 3.82. The molecule has 0 unspecified atom stereocenters. The second kappa shape index (κ2) is 6.76. The third-order valence-electron chi connectivity index (χ3n) is 3.57. The highest BCUT2D eigenvalue weighted by atomic mass is 35.5. The van der Waals surface area contributed by atoms with Crippen LogP contribution in [0.4, 0.5) is 5.69 Å². The standard InChI is InChI=1S/C18H16ClN3O2/c1-11-3-8-17(24-2)15(9-11)20-18(23)16-10-14(21-22-16)12-4-6-13(19)7-5-12/h3-10H,1-2H3,(H,20,23)(H,21,22). The predicted octanol–water partition coefficient (Wildman–Crippen LogP) is 4.30. The van der Waals surface area contributed by atoms with Gasteiger partial charge < -0.3 is 10.1 Å². The molecule has 1 heterocycles. The van der Waals surface area contributed by atoms with E-state index in [9.17, 15) is 4.79 Å². The smallest absolute Gasteiger partial charge is 0.273 e. The van der Waals surface area contributed by atoms with Crippen LogP contribution in [0, 0.1) is 6.92 Å². The van der Waals surface area contributed by atoms with E-state index in [0.29, 0.717) is 27.8 Å². The van der Waals surface area contributed by atoms with Gasteiger partial charge in [-0.3, -0.25) is 9.89 Å². The molecule has 0 aliphatic heterocycles. The molecule has 1 aromatic heterocycles. The van der Waals surface area contributed by atoms with E-state index in [1.165, 1.54) is 0 Å². The number of nitrogens with zero attached hydrogens (tertiary/aromatic N) is 1. The molecule has 0 saturated carbocycles. The lowest BCUT2D eigenvalue weighted by atomic mass is 10.1. The molecule has 3 rings (SSSR count). The van der Waals surface area contributed by atoms with Crippen LogP contribution in [0.2, 0.25) is 5.02 Å². The Labute approximate surface area is 144 Å². The number of halogens is 1. The quantitative estimate of drug-likeness (QED) is 0.743. The highest BCUT2D eigenvalue weighted by Crippen LogP contribution is 2.26. The summed E-state index contributed by atoms with van der Waals surface area (Å²) in [7, 11) is 1.56. The molecule has 0 atom stereocenters. The molecular formula is C18H16ClN3O2. The Hall–Kier alpha value is -2.79. The van der Waals surface area contributed by atoms with Gasteiger partial charge in [0, 0.05) is 10.6 Å². The molecule has 0 bridgehead atoms. The Balaban J connectivity index is 1.81. The van der Waals surface area contributed by atoms with Crippen LogP contribution >= 0.6 is 11.6 Å². The van der Waals surface area contributed by atoms with Gasteiger partial charge in [0.25, 0.3) is 5.91 Å². The number of hydrogen-bond donors (Lipinski definition) is 2. The van der Waals surface area contributed by atoms with Crippen LogP contribution in [0.1, 0.15) is 16.1 Å². The molecular weight excluding hydrogens is 326 g/mol. The molecule has 2 aromatic carbocycles. The summed E-state index contributed by atoms with van der Waals surface area (Å²) in [6.45, 7) is 1.95. The van der Waals surface area contributed by atoms with Crippen molar-refractivity contribution in [2.45, 2.75) is 6.92 Å². The van der Waals surface area contributed by atoms with Gasteiger partial charge in [0.1, 0.15) is 11.4 Å². The van der Waals surface area contributed by atoms with Crippen molar-refractivity contribution in [1.29, 1.82) is 0 Å². The largest absolute Gasteiger partial charge is 0.495 e. The van der Waals surface area contributed by atoms with Crippen LogP contribution in [0.25, 0.3) is 11.3 Å². The van der Waals surface area contributed by atoms with Gasteiger partial charge in [0.05, 0.1) is 18.5 Å². The van der Waals surface area contributed by atoms with Gasteiger partial charge in [-0.05, 0) is 42.8 Å². The Morgan fingerprint density at radius 3 is 2.62 bits per heavy atom. The van der Waals surface area contributed by atoms with E-state index in [1.54, 1.807) is 25.3 Å². The van der Waals surface area contributed by atoms with Gasteiger partial charge >= 0.3 is 0 Å². The molecule has 1 amide bonds. The van der Waals surface area contributed by atoms with Crippen LogP contribution < -0.4 is 10.1 Å². The fraction of sp³-hybridized carbons (Fsp3) is 0.111. The van der Waals surface area contributed by atoms with Gasteiger partial charge in [-0.15, -0.1) is 0 Å². The number of carbonyl (C=O) groups is 1. The first kappa shape index (κ1) is 16.1. The summed E-state index contributed by atoms with van der Waals surface area (Å²) in [5.41, 5.74) is 3.56. The van der Waals surface area contributed by atoms with E-state index < -0.39 is 0 Å². The Morgan fingerprint density at radius 1 is 1.17 bits per heavy atom. The number of aryl methyl sites for hydroxylation is 1. The van der Waals surface area contributed by atoms with Gasteiger partial charge in [0.15, 0.2) is 0 Å². The van der Waals surface area contributed by atoms with Gasteiger partial charge in [-0.1, -0.05) is 29.8 Å². The van der Waals surface area contributed by atoms with Crippen LogP contribution in [0.5, 0.6) is 5.75 Å². The highest BCUT2D eigenvalue weighted by molar-refractivity contribution is 6.30. The van der Waals surface area contributed by atoms with E-state index in [0.717, 1.165) is 11.1 Å². The van der Waals surface area contributed by atoms with Crippen molar-refractivity contribution in [2.24, 2.45) is 0 Å².